The third-order valence-corrected chi connectivity index (χ3v) is 4.39. The molecule has 0 radical (unpaired) electrons. The Morgan fingerprint density at radius 1 is 1.24 bits per heavy atom. The highest BCUT2D eigenvalue weighted by Gasteiger charge is 2.35. The zero-order valence-electron chi connectivity index (χ0n) is 13.5. The van der Waals surface area contributed by atoms with Gasteiger partial charge in [-0.15, -0.1) is 0 Å². The second-order valence-electron chi connectivity index (χ2n) is 5.98. The van der Waals surface area contributed by atoms with Gasteiger partial charge in [0.25, 0.3) is 5.89 Å². The highest BCUT2D eigenvalue weighted by molar-refractivity contribution is 5.97. The molecular formula is C18H15FN4O2. The second kappa shape index (κ2) is 6.08. The number of anilines is 1. The van der Waals surface area contributed by atoms with Crippen molar-refractivity contribution in [2.45, 2.75) is 19.3 Å². The van der Waals surface area contributed by atoms with E-state index in [4.69, 9.17) is 4.52 Å². The molecule has 0 N–H and O–H groups in total. The fourth-order valence-electron chi connectivity index (χ4n) is 3.01. The minimum Gasteiger partial charge on any atom is -0.334 e. The highest BCUT2D eigenvalue weighted by atomic mass is 19.1. The molecule has 1 atom stereocenters. The Morgan fingerprint density at radius 2 is 2.04 bits per heavy atom. The van der Waals surface area contributed by atoms with Crippen molar-refractivity contribution in [1.82, 2.24) is 15.1 Å². The predicted octanol–water partition coefficient (Wildman–Crippen LogP) is 3.10. The molecule has 1 aliphatic heterocycles. The van der Waals surface area contributed by atoms with Gasteiger partial charge in [-0.2, -0.15) is 4.98 Å². The molecule has 0 saturated carbocycles. The van der Waals surface area contributed by atoms with Crippen LogP contribution in [0.4, 0.5) is 10.1 Å². The summed E-state index contributed by atoms with van der Waals surface area (Å²) in [5, 5.41) is 4.02. The van der Waals surface area contributed by atoms with E-state index in [9.17, 15) is 9.18 Å². The first-order valence-electron chi connectivity index (χ1n) is 7.93. The lowest BCUT2D eigenvalue weighted by Crippen LogP contribution is -2.25. The summed E-state index contributed by atoms with van der Waals surface area (Å²) in [4.78, 5) is 22.4. The average molecular weight is 338 g/mol. The van der Waals surface area contributed by atoms with Crippen LogP contribution in [-0.4, -0.2) is 27.6 Å². The number of rotatable bonds is 3. The van der Waals surface area contributed by atoms with Crippen molar-refractivity contribution in [3.63, 3.8) is 0 Å². The maximum atomic E-state index is 13.8. The molecule has 0 bridgehead atoms. The molecule has 7 heteroatoms. The van der Waals surface area contributed by atoms with Gasteiger partial charge in [0, 0.05) is 48.1 Å². The van der Waals surface area contributed by atoms with Gasteiger partial charge in [-0.1, -0.05) is 11.2 Å². The molecule has 1 amide bonds. The number of hydrogen-bond acceptors (Lipinski definition) is 5. The Balaban J connectivity index is 1.59. The summed E-state index contributed by atoms with van der Waals surface area (Å²) in [7, 11) is 0. The standard InChI is InChI=1S/C18H15FN4O2/c1-11-14(19)3-2-4-15(11)23-10-13(9-16(23)24)17-21-18(25-22-17)12-5-7-20-8-6-12/h2-8,13H,9-10H2,1H3. The fourth-order valence-corrected chi connectivity index (χ4v) is 3.01. The SMILES string of the molecule is Cc1c(F)cccc1N1CC(c2noc(-c3ccncc3)n2)CC1=O. The van der Waals surface area contributed by atoms with Crippen molar-refractivity contribution < 1.29 is 13.7 Å². The minimum absolute atomic E-state index is 0.0750. The van der Waals surface area contributed by atoms with Crippen LogP contribution in [0.25, 0.3) is 11.5 Å². The molecule has 1 aromatic carbocycles. The lowest BCUT2D eigenvalue weighted by Gasteiger charge is -2.18. The van der Waals surface area contributed by atoms with Crippen LogP contribution in [0, 0.1) is 12.7 Å². The van der Waals surface area contributed by atoms with Crippen molar-refractivity contribution in [2.24, 2.45) is 0 Å². The first kappa shape index (κ1) is 15.4. The average Bonchev–Trinajstić information content (AvgIpc) is 3.25. The van der Waals surface area contributed by atoms with Crippen LogP contribution in [0.1, 0.15) is 23.7 Å². The van der Waals surface area contributed by atoms with Crippen LogP contribution >= 0.6 is 0 Å². The number of carbonyl (C=O) groups excluding carboxylic acids is 1. The van der Waals surface area contributed by atoms with Crippen molar-refractivity contribution in [2.75, 3.05) is 11.4 Å². The van der Waals surface area contributed by atoms with Crippen LogP contribution in [-0.2, 0) is 4.79 Å². The second-order valence-corrected chi connectivity index (χ2v) is 5.98. The van der Waals surface area contributed by atoms with Gasteiger partial charge in [-0.3, -0.25) is 9.78 Å². The summed E-state index contributed by atoms with van der Waals surface area (Å²) in [5.74, 6) is 0.290. The number of benzene rings is 1. The number of carbonyl (C=O) groups is 1. The Hall–Kier alpha value is -3.09. The largest absolute Gasteiger partial charge is 0.334 e. The summed E-state index contributed by atoms with van der Waals surface area (Å²) in [6, 6.07) is 8.29. The van der Waals surface area contributed by atoms with Crippen LogP contribution in [0.15, 0.2) is 47.2 Å². The lowest BCUT2D eigenvalue weighted by molar-refractivity contribution is -0.117. The van der Waals surface area contributed by atoms with Crippen molar-refractivity contribution in [3.05, 3.63) is 59.9 Å². The molecule has 0 aliphatic carbocycles. The van der Waals surface area contributed by atoms with E-state index in [1.54, 1.807) is 48.5 Å². The maximum Gasteiger partial charge on any atom is 0.258 e. The quantitative estimate of drug-likeness (QED) is 0.734. The zero-order chi connectivity index (χ0) is 17.4. The Kier molecular flexibility index (Phi) is 3.76. The third kappa shape index (κ3) is 2.77. The highest BCUT2D eigenvalue weighted by Crippen LogP contribution is 2.33. The molecular weight excluding hydrogens is 323 g/mol. The first-order valence-corrected chi connectivity index (χ1v) is 7.93. The lowest BCUT2D eigenvalue weighted by atomic mass is 10.1. The van der Waals surface area contributed by atoms with Crippen LogP contribution < -0.4 is 4.90 Å². The number of amides is 1. The molecule has 2 aromatic heterocycles. The molecule has 25 heavy (non-hydrogen) atoms. The number of nitrogens with zero attached hydrogens (tertiary/aromatic N) is 4. The van der Waals surface area contributed by atoms with Gasteiger partial charge in [0.2, 0.25) is 5.91 Å². The third-order valence-electron chi connectivity index (χ3n) is 4.39. The summed E-state index contributed by atoms with van der Waals surface area (Å²) in [5.41, 5.74) is 1.82. The number of halogens is 1. The molecule has 6 nitrogen and oxygen atoms in total. The van der Waals surface area contributed by atoms with Crippen molar-refractivity contribution in [1.29, 1.82) is 0 Å². The number of pyridine rings is 1. The Labute approximate surface area is 143 Å². The number of hydrogen-bond donors (Lipinski definition) is 0. The molecule has 126 valence electrons. The zero-order valence-corrected chi connectivity index (χ0v) is 13.5. The van der Waals surface area contributed by atoms with E-state index in [1.165, 1.54) is 6.07 Å². The molecule has 1 unspecified atom stereocenters. The first-order chi connectivity index (χ1) is 12.1. The molecule has 1 fully saturated rings. The summed E-state index contributed by atoms with van der Waals surface area (Å²) in [6.45, 7) is 2.07. The van der Waals surface area contributed by atoms with Gasteiger partial charge in [-0.25, -0.2) is 4.39 Å². The van der Waals surface area contributed by atoms with E-state index in [2.05, 4.69) is 15.1 Å². The summed E-state index contributed by atoms with van der Waals surface area (Å²) >= 11 is 0. The van der Waals surface area contributed by atoms with Crippen LogP contribution in [0.2, 0.25) is 0 Å². The minimum atomic E-state index is -0.326. The summed E-state index contributed by atoms with van der Waals surface area (Å²) in [6.07, 6.45) is 3.56. The summed E-state index contributed by atoms with van der Waals surface area (Å²) < 4.78 is 19.1. The van der Waals surface area contributed by atoms with Gasteiger partial charge in [-0.05, 0) is 31.2 Å². The fraction of sp³-hybridized carbons (Fsp3) is 0.222. The predicted molar refractivity (Wildman–Crippen MR) is 88.4 cm³/mol. The van der Waals surface area contributed by atoms with E-state index < -0.39 is 0 Å². The van der Waals surface area contributed by atoms with Gasteiger partial charge >= 0.3 is 0 Å². The van der Waals surface area contributed by atoms with Crippen LogP contribution in [0.3, 0.4) is 0 Å². The molecule has 1 saturated heterocycles. The van der Waals surface area contributed by atoms with Crippen molar-refractivity contribution in [3.8, 4) is 11.5 Å². The van der Waals surface area contributed by atoms with E-state index >= 15 is 0 Å². The van der Waals surface area contributed by atoms with Gasteiger partial charge in [0.15, 0.2) is 5.82 Å². The van der Waals surface area contributed by atoms with E-state index in [1.807, 2.05) is 0 Å². The Morgan fingerprint density at radius 3 is 2.84 bits per heavy atom. The van der Waals surface area contributed by atoms with Gasteiger partial charge in [0.1, 0.15) is 5.82 Å². The van der Waals surface area contributed by atoms with E-state index in [0.29, 0.717) is 29.5 Å². The number of aromatic nitrogens is 3. The molecule has 4 rings (SSSR count). The van der Waals surface area contributed by atoms with Crippen molar-refractivity contribution >= 4 is 11.6 Å². The smallest absolute Gasteiger partial charge is 0.258 e. The maximum absolute atomic E-state index is 13.8. The van der Waals surface area contributed by atoms with E-state index in [-0.39, 0.29) is 24.1 Å². The molecule has 3 heterocycles. The topological polar surface area (TPSA) is 72.1 Å². The normalized spacial score (nSPS) is 17.3. The molecule has 3 aromatic rings. The molecule has 0 spiro atoms. The van der Waals surface area contributed by atoms with Gasteiger partial charge in [0.05, 0.1) is 0 Å². The van der Waals surface area contributed by atoms with Gasteiger partial charge < -0.3 is 9.42 Å². The van der Waals surface area contributed by atoms with E-state index in [0.717, 1.165) is 5.56 Å². The monoisotopic (exact) mass is 338 g/mol. The Bertz CT molecular complexity index is 926. The molecule has 1 aliphatic rings. The van der Waals surface area contributed by atoms with Crippen LogP contribution in [0.5, 0.6) is 0 Å².